The van der Waals surface area contributed by atoms with E-state index in [-0.39, 0.29) is 5.75 Å². The van der Waals surface area contributed by atoms with Crippen molar-refractivity contribution in [3.63, 3.8) is 0 Å². The van der Waals surface area contributed by atoms with Crippen LogP contribution in [0, 0.1) is 11.6 Å². The molecule has 0 fully saturated rings. The SMILES string of the molecule is CCCOc1cc(N2CCc3nc(-c4ccccn4)ncc3C2)cc(F)c1F. The van der Waals surface area contributed by atoms with E-state index in [1.807, 2.05) is 30.0 Å². The molecule has 3 aromatic rings. The lowest BCUT2D eigenvalue weighted by Gasteiger charge is -2.30. The standard InChI is InChI=1S/C21H20F2N4O/c1-2-9-28-19-11-15(10-16(22)20(19)23)27-8-6-17-14(13-27)12-25-21(26-17)18-5-3-4-7-24-18/h3-5,7,10-12H,2,6,8-9,13H2,1H3. The van der Waals surface area contributed by atoms with E-state index in [0.717, 1.165) is 23.4 Å². The molecule has 2 aromatic heterocycles. The first-order valence-electron chi connectivity index (χ1n) is 9.28. The summed E-state index contributed by atoms with van der Waals surface area (Å²) in [6.45, 7) is 3.42. The molecule has 1 aromatic carbocycles. The van der Waals surface area contributed by atoms with Gasteiger partial charge in [0.25, 0.3) is 0 Å². The Labute approximate surface area is 162 Å². The minimum absolute atomic E-state index is 0.0515. The van der Waals surface area contributed by atoms with Crippen molar-refractivity contribution in [2.75, 3.05) is 18.1 Å². The van der Waals surface area contributed by atoms with Crippen LogP contribution in [-0.2, 0) is 13.0 Å². The lowest BCUT2D eigenvalue weighted by atomic mass is 10.1. The number of pyridine rings is 1. The maximum Gasteiger partial charge on any atom is 0.200 e. The molecule has 0 saturated carbocycles. The van der Waals surface area contributed by atoms with Gasteiger partial charge in [-0.2, -0.15) is 4.39 Å². The fourth-order valence-electron chi connectivity index (χ4n) is 3.20. The molecule has 1 aliphatic rings. The molecule has 0 radical (unpaired) electrons. The highest BCUT2D eigenvalue weighted by Gasteiger charge is 2.22. The molecule has 1 aliphatic heterocycles. The predicted octanol–water partition coefficient (Wildman–Crippen LogP) is 4.17. The van der Waals surface area contributed by atoms with E-state index >= 15 is 0 Å². The van der Waals surface area contributed by atoms with Gasteiger partial charge in [0.05, 0.1) is 12.3 Å². The summed E-state index contributed by atoms with van der Waals surface area (Å²) in [4.78, 5) is 15.3. The largest absolute Gasteiger partial charge is 0.490 e. The third-order valence-electron chi connectivity index (χ3n) is 4.63. The summed E-state index contributed by atoms with van der Waals surface area (Å²) in [6.07, 6.45) is 4.90. The fourth-order valence-corrected chi connectivity index (χ4v) is 3.20. The Morgan fingerprint density at radius 2 is 2.07 bits per heavy atom. The Morgan fingerprint density at radius 3 is 2.86 bits per heavy atom. The number of nitrogens with zero attached hydrogens (tertiary/aromatic N) is 4. The van der Waals surface area contributed by atoms with E-state index in [9.17, 15) is 8.78 Å². The number of halogens is 2. The van der Waals surface area contributed by atoms with E-state index in [0.29, 0.717) is 37.6 Å². The third kappa shape index (κ3) is 3.65. The van der Waals surface area contributed by atoms with Crippen molar-refractivity contribution in [2.24, 2.45) is 0 Å². The van der Waals surface area contributed by atoms with Crippen LogP contribution < -0.4 is 9.64 Å². The molecule has 0 spiro atoms. The van der Waals surface area contributed by atoms with Crippen molar-refractivity contribution in [1.82, 2.24) is 15.0 Å². The molecule has 0 bridgehead atoms. The summed E-state index contributed by atoms with van der Waals surface area (Å²) < 4.78 is 33.4. The molecule has 3 heterocycles. The monoisotopic (exact) mass is 382 g/mol. The van der Waals surface area contributed by atoms with Crippen LogP contribution in [0.15, 0.2) is 42.7 Å². The highest BCUT2D eigenvalue weighted by Crippen LogP contribution is 2.31. The summed E-state index contributed by atoms with van der Waals surface area (Å²) in [5.41, 5.74) is 3.24. The first kappa shape index (κ1) is 18.3. The Kier molecular flexibility index (Phi) is 5.14. The Morgan fingerprint density at radius 1 is 1.18 bits per heavy atom. The first-order chi connectivity index (χ1) is 13.7. The highest BCUT2D eigenvalue weighted by atomic mass is 19.2. The number of ether oxygens (including phenoxy) is 1. The molecule has 0 atom stereocenters. The molecule has 144 valence electrons. The van der Waals surface area contributed by atoms with Gasteiger partial charge in [0, 0.05) is 55.3 Å². The summed E-state index contributed by atoms with van der Waals surface area (Å²) in [6, 6.07) is 8.38. The Hall–Kier alpha value is -3.09. The molecule has 7 heteroatoms. The average molecular weight is 382 g/mol. The van der Waals surface area contributed by atoms with Crippen LogP contribution in [0.1, 0.15) is 24.6 Å². The van der Waals surface area contributed by atoms with E-state index in [1.54, 1.807) is 18.5 Å². The van der Waals surface area contributed by atoms with E-state index in [1.165, 1.54) is 6.07 Å². The lowest BCUT2D eigenvalue weighted by molar-refractivity contribution is 0.295. The lowest BCUT2D eigenvalue weighted by Crippen LogP contribution is -2.31. The van der Waals surface area contributed by atoms with Crippen LogP contribution in [0.2, 0.25) is 0 Å². The van der Waals surface area contributed by atoms with Crippen LogP contribution in [0.25, 0.3) is 11.5 Å². The van der Waals surface area contributed by atoms with Crippen molar-refractivity contribution in [3.8, 4) is 17.3 Å². The van der Waals surface area contributed by atoms with Crippen molar-refractivity contribution in [2.45, 2.75) is 26.3 Å². The normalized spacial score (nSPS) is 13.3. The Bertz CT molecular complexity index is 982. The van der Waals surface area contributed by atoms with E-state index < -0.39 is 11.6 Å². The molecular weight excluding hydrogens is 362 g/mol. The van der Waals surface area contributed by atoms with Gasteiger partial charge in [0.1, 0.15) is 5.69 Å². The summed E-state index contributed by atoms with van der Waals surface area (Å²) in [5.74, 6) is -1.31. The van der Waals surface area contributed by atoms with Gasteiger partial charge >= 0.3 is 0 Å². The van der Waals surface area contributed by atoms with Crippen LogP contribution in [0.5, 0.6) is 5.75 Å². The van der Waals surface area contributed by atoms with E-state index in [4.69, 9.17) is 4.74 Å². The average Bonchev–Trinajstić information content (AvgIpc) is 2.74. The molecule has 0 amide bonds. The van der Waals surface area contributed by atoms with Gasteiger partial charge in [0.2, 0.25) is 5.82 Å². The second-order valence-electron chi connectivity index (χ2n) is 6.64. The van der Waals surface area contributed by atoms with Crippen molar-refractivity contribution in [3.05, 3.63) is 65.6 Å². The molecule has 0 unspecified atom stereocenters. The van der Waals surface area contributed by atoms with Crippen LogP contribution >= 0.6 is 0 Å². The first-order valence-corrected chi connectivity index (χ1v) is 9.28. The molecule has 0 saturated heterocycles. The minimum atomic E-state index is -0.946. The number of rotatable bonds is 5. The number of benzene rings is 1. The quantitative estimate of drug-likeness (QED) is 0.663. The zero-order chi connectivity index (χ0) is 19.5. The van der Waals surface area contributed by atoms with Gasteiger partial charge in [-0.15, -0.1) is 0 Å². The maximum absolute atomic E-state index is 14.0. The smallest absolute Gasteiger partial charge is 0.200 e. The van der Waals surface area contributed by atoms with Crippen LogP contribution in [0.4, 0.5) is 14.5 Å². The van der Waals surface area contributed by atoms with E-state index in [2.05, 4.69) is 15.0 Å². The zero-order valence-electron chi connectivity index (χ0n) is 15.5. The third-order valence-corrected chi connectivity index (χ3v) is 4.63. The molecule has 28 heavy (non-hydrogen) atoms. The molecule has 0 aliphatic carbocycles. The number of aromatic nitrogens is 3. The fraction of sp³-hybridized carbons (Fsp3) is 0.286. The molecule has 0 N–H and O–H groups in total. The van der Waals surface area contributed by atoms with Gasteiger partial charge in [-0.1, -0.05) is 13.0 Å². The number of hydrogen-bond donors (Lipinski definition) is 0. The zero-order valence-corrected chi connectivity index (χ0v) is 15.5. The topological polar surface area (TPSA) is 51.1 Å². The maximum atomic E-state index is 14.0. The second kappa shape index (κ2) is 7.88. The molecule has 5 nitrogen and oxygen atoms in total. The van der Waals surface area contributed by atoms with Crippen LogP contribution in [-0.4, -0.2) is 28.1 Å². The summed E-state index contributed by atoms with van der Waals surface area (Å²) >= 11 is 0. The van der Waals surface area contributed by atoms with Gasteiger partial charge in [0.15, 0.2) is 17.4 Å². The highest BCUT2D eigenvalue weighted by molar-refractivity contribution is 5.54. The predicted molar refractivity (Wildman–Crippen MR) is 102 cm³/mol. The minimum Gasteiger partial charge on any atom is -0.490 e. The van der Waals surface area contributed by atoms with Gasteiger partial charge in [-0.25, -0.2) is 14.4 Å². The number of fused-ring (bicyclic) bond motifs is 1. The number of hydrogen-bond acceptors (Lipinski definition) is 5. The van der Waals surface area contributed by atoms with Crippen LogP contribution in [0.3, 0.4) is 0 Å². The van der Waals surface area contributed by atoms with Gasteiger partial charge in [-0.05, 0) is 18.6 Å². The van der Waals surface area contributed by atoms with Crippen molar-refractivity contribution in [1.29, 1.82) is 0 Å². The Balaban J connectivity index is 1.58. The van der Waals surface area contributed by atoms with Crippen molar-refractivity contribution < 1.29 is 13.5 Å². The van der Waals surface area contributed by atoms with Gasteiger partial charge in [-0.3, -0.25) is 4.98 Å². The number of anilines is 1. The molecular formula is C21H20F2N4O. The second-order valence-corrected chi connectivity index (χ2v) is 6.64. The summed E-state index contributed by atoms with van der Waals surface area (Å²) in [5, 5.41) is 0. The molecule has 4 rings (SSSR count). The van der Waals surface area contributed by atoms with Crippen molar-refractivity contribution >= 4 is 5.69 Å². The summed E-state index contributed by atoms with van der Waals surface area (Å²) in [7, 11) is 0. The van der Waals surface area contributed by atoms with Gasteiger partial charge < -0.3 is 9.64 Å².